The number of carbonyl (C=O) groups is 1. The van der Waals surface area contributed by atoms with Crippen molar-refractivity contribution >= 4 is 18.3 Å². The maximum atomic E-state index is 12.3. The Hall–Kier alpha value is -0.280. The third-order valence-electron chi connectivity index (χ3n) is 4.84. The van der Waals surface area contributed by atoms with Gasteiger partial charge in [-0.25, -0.2) is 0 Å². The first kappa shape index (κ1) is 17.8. The molecule has 1 amide bonds. The van der Waals surface area contributed by atoms with Crippen molar-refractivity contribution in [3.63, 3.8) is 0 Å². The Morgan fingerprint density at radius 2 is 1.65 bits per heavy atom. The van der Waals surface area contributed by atoms with Crippen molar-refractivity contribution in [2.75, 3.05) is 13.1 Å². The Morgan fingerprint density at radius 1 is 1.15 bits per heavy atom. The topological polar surface area (TPSA) is 41.1 Å². The lowest BCUT2D eigenvalue weighted by atomic mass is 9.63. The molecule has 2 rings (SSSR count). The lowest BCUT2D eigenvalue weighted by Gasteiger charge is -2.45. The van der Waals surface area contributed by atoms with Gasteiger partial charge < -0.3 is 10.6 Å². The van der Waals surface area contributed by atoms with Gasteiger partial charge in [-0.3, -0.25) is 4.79 Å². The summed E-state index contributed by atoms with van der Waals surface area (Å²) in [6.45, 7) is 13.4. The van der Waals surface area contributed by atoms with Crippen molar-refractivity contribution in [1.29, 1.82) is 0 Å². The highest BCUT2D eigenvalue weighted by molar-refractivity contribution is 5.85. The first-order valence-corrected chi connectivity index (χ1v) is 7.70. The molecule has 1 saturated carbocycles. The van der Waals surface area contributed by atoms with E-state index in [4.69, 9.17) is 0 Å². The van der Waals surface area contributed by atoms with Gasteiger partial charge in [0, 0.05) is 12.0 Å². The van der Waals surface area contributed by atoms with Gasteiger partial charge in [0.05, 0.1) is 0 Å². The normalized spacial score (nSPS) is 27.1. The molecule has 0 radical (unpaired) electrons. The van der Waals surface area contributed by atoms with E-state index in [9.17, 15) is 4.79 Å². The van der Waals surface area contributed by atoms with E-state index in [1.54, 1.807) is 0 Å². The Balaban J connectivity index is 0.00000200. The third-order valence-corrected chi connectivity index (χ3v) is 4.84. The highest BCUT2D eigenvalue weighted by Crippen LogP contribution is 2.45. The van der Waals surface area contributed by atoms with Gasteiger partial charge in [0.2, 0.25) is 5.91 Å². The van der Waals surface area contributed by atoms with Crippen molar-refractivity contribution in [2.24, 2.45) is 22.7 Å². The van der Waals surface area contributed by atoms with Crippen molar-refractivity contribution in [2.45, 2.75) is 59.9 Å². The van der Waals surface area contributed by atoms with Crippen LogP contribution in [0.2, 0.25) is 0 Å². The molecular weight excluding hydrogens is 272 g/mol. The van der Waals surface area contributed by atoms with Gasteiger partial charge in [0.1, 0.15) is 0 Å². The number of rotatable bonds is 3. The van der Waals surface area contributed by atoms with Crippen molar-refractivity contribution in [3.05, 3.63) is 0 Å². The minimum Gasteiger partial charge on any atom is -0.353 e. The molecule has 4 heteroatoms. The van der Waals surface area contributed by atoms with E-state index in [-0.39, 0.29) is 24.2 Å². The van der Waals surface area contributed by atoms with Crippen LogP contribution in [0, 0.1) is 22.7 Å². The summed E-state index contributed by atoms with van der Waals surface area (Å²) in [4.78, 5) is 12.3. The molecule has 1 heterocycles. The fourth-order valence-corrected chi connectivity index (χ4v) is 4.16. The van der Waals surface area contributed by atoms with Crippen molar-refractivity contribution in [3.8, 4) is 0 Å². The molecule has 1 saturated heterocycles. The van der Waals surface area contributed by atoms with E-state index in [1.165, 1.54) is 6.42 Å². The lowest BCUT2D eigenvalue weighted by Crippen LogP contribution is -2.52. The molecule has 0 bridgehead atoms. The molecule has 20 heavy (non-hydrogen) atoms. The Labute approximate surface area is 130 Å². The van der Waals surface area contributed by atoms with Gasteiger partial charge in [0.25, 0.3) is 0 Å². The van der Waals surface area contributed by atoms with Gasteiger partial charge in [0.15, 0.2) is 0 Å². The van der Waals surface area contributed by atoms with Crippen LogP contribution in [0.3, 0.4) is 0 Å². The Bertz CT molecular complexity index is 334. The summed E-state index contributed by atoms with van der Waals surface area (Å²) in [6.07, 6.45) is 3.46. The molecule has 2 aliphatic rings. The van der Waals surface area contributed by atoms with Gasteiger partial charge in [-0.2, -0.15) is 0 Å². The Kier molecular flexibility index (Phi) is 5.53. The maximum absolute atomic E-state index is 12.3. The number of carbonyl (C=O) groups excluding carboxylic acids is 1. The van der Waals surface area contributed by atoms with Crippen LogP contribution in [0.15, 0.2) is 0 Å². The van der Waals surface area contributed by atoms with Gasteiger partial charge in [-0.05, 0) is 49.1 Å². The molecule has 1 unspecified atom stereocenters. The molecular formula is C16H31ClN2O. The zero-order valence-electron chi connectivity index (χ0n) is 13.6. The van der Waals surface area contributed by atoms with Crippen LogP contribution in [-0.2, 0) is 4.79 Å². The van der Waals surface area contributed by atoms with Crippen LogP contribution in [0.1, 0.15) is 53.9 Å². The van der Waals surface area contributed by atoms with Gasteiger partial charge in [-0.1, -0.05) is 34.6 Å². The summed E-state index contributed by atoms with van der Waals surface area (Å²) >= 11 is 0. The molecule has 0 spiro atoms. The average molecular weight is 303 g/mol. The first-order valence-electron chi connectivity index (χ1n) is 7.70. The van der Waals surface area contributed by atoms with E-state index in [2.05, 4.69) is 45.3 Å². The van der Waals surface area contributed by atoms with Crippen LogP contribution in [0.25, 0.3) is 0 Å². The second-order valence-electron chi connectivity index (χ2n) is 8.33. The van der Waals surface area contributed by atoms with E-state index >= 15 is 0 Å². The van der Waals surface area contributed by atoms with Gasteiger partial charge >= 0.3 is 0 Å². The average Bonchev–Trinajstić information content (AvgIpc) is 2.08. The SMILES string of the molecule is CC(C(=O)NC1CC(C)(C)CC(C)(C)C1)C1CNC1.Cl. The number of hydrogen-bond donors (Lipinski definition) is 2. The number of amides is 1. The predicted molar refractivity (Wildman–Crippen MR) is 86.1 cm³/mol. The molecule has 2 N–H and O–H groups in total. The molecule has 0 aromatic heterocycles. The van der Waals surface area contributed by atoms with E-state index in [1.807, 2.05) is 0 Å². The summed E-state index contributed by atoms with van der Waals surface area (Å²) in [6, 6.07) is 0.349. The maximum Gasteiger partial charge on any atom is 0.223 e. The van der Waals surface area contributed by atoms with E-state index in [0.29, 0.717) is 22.8 Å². The summed E-state index contributed by atoms with van der Waals surface area (Å²) in [5, 5.41) is 6.56. The second-order valence-corrected chi connectivity index (χ2v) is 8.33. The third kappa shape index (κ3) is 4.36. The highest BCUT2D eigenvalue weighted by atomic mass is 35.5. The lowest BCUT2D eigenvalue weighted by molar-refractivity contribution is -0.128. The largest absolute Gasteiger partial charge is 0.353 e. The molecule has 118 valence electrons. The van der Waals surface area contributed by atoms with Crippen LogP contribution in [0.5, 0.6) is 0 Å². The summed E-state index contributed by atoms with van der Waals surface area (Å²) in [7, 11) is 0. The van der Waals surface area contributed by atoms with Crippen molar-refractivity contribution in [1.82, 2.24) is 10.6 Å². The molecule has 0 aromatic rings. The van der Waals surface area contributed by atoms with Crippen LogP contribution >= 0.6 is 12.4 Å². The molecule has 1 aliphatic carbocycles. The second kappa shape index (κ2) is 6.23. The standard InChI is InChI=1S/C16H30N2O.ClH/c1-11(12-8-17-9-12)14(19)18-13-6-15(2,3)10-16(4,5)7-13;/h11-13,17H,6-10H2,1-5H3,(H,18,19);1H. The quantitative estimate of drug-likeness (QED) is 0.841. The molecule has 3 nitrogen and oxygen atoms in total. The summed E-state index contributed by atoms with van der Waals surface area (Å²) in [5.41, 5.74) is 0.669. The smallest absolute Gasteiger partial charge is 0.223 e. The molecule has 1 aliphatic heterocycles. The number of halogens is 1. The molecule has 0 aromatic carbocycles. The monoisotopic (exact) mass is 302 g/mol. The fraction of sp³-hybridized carbons (Fsp3) is 0.938. The van der Waals surface area contributed by atoms with Crippen LogP contribution in [-0.4, -0.2) is 25.0 Å². The molecule has 2 fully saturated rings. The number of hydrogen-bond acceptors (Lipinski definition) is 2. The first-order chi connectivity index (χ1) is 8.69. The highest BCUT2D eigenvalue weighted by Gasteiger charge is 2.39. The van der Waals surface area contributed by atoms with Crippen LogP contribution < -0.4 is 10.6 Å². The van der Waals surface area contributed by atoms with Crippen molar-refractivity contribution < 1.29 is 4.79 Å². The van der Waals surface area contributed by atoms with E-state index in [0.717, 1.165) is 25.9 Å². The molecule has 1 atom stereocenters. The minimum absolute atomic E-state index is 0. The van der Waals surface area contributed by atoms with Gasteiger partial charge in [-0.15, -0.1) is 12.4 Å². The van der Waals surface area contributed by atoms with E-state index < -0.39 is 0 Å². The van der Waals surface area contributed by atoms with Crippen LogP contribution in [0.4, 0.5) is 0 Å². The number of nitrogens with one attached hydrogen (secondary N) is 2. The minimum atomic E-state index is 0. The Morgan fingerprint density at radius 3 is 2.05 bits per heavy atom. The summed E-state index contributed by atoms with van der Waals surface area (Å²) < 4.78 is 0. The summed E-state index contributed by atoms with van der Waals surface area (Å²) in [5.74, 6) is 0.934. The zero-order valence-corrected chi connectivity index (χ0v) is 14.4. The predicted octanol–water partition coefficient (Wildman–Crippen LogP) is 2.98. The fourth-order valence-electron chi connectivity index (χ4n) is 4.16. The zero-order chi connectivity index (χ0) is 14.3.